The summed E-state index contributed by atoms with van der Waals surface area (Å²) in [6.07, 6.45) is 1.74. The van der Waals surface area contributed by atoms with Gasteiger partial charge in [0.05, 0.1) is 17.7 Å². The molecule has 4 rings (SSSR count). The van der Waals surface area contributed by atoms with Crippen molar-refractivity contribution in [3.63, 3.8) is 0 Å². The average molecular weight is 523 g/mol. The number of aryl methyl sites for hydroxylation is 2. The van der Waals surface area contributed by atoms with E-state index in [0.29, 0.717) is 26.4 Å². The summed E-state index contributed by atoms with van der Waals surface area (Å²) in [5.74, 6) is -0.205. The number of hydrogen-bond acceptors (Lipinski definition) is 6. The van der Waals surface area contributed by atoms with E-state index in [1.54, 1.807) is 24.3 Å². The van der Waals surface area contributed by atoms with Gasteiger partial charge in [-0.05, 0) is 85.1 Å². The van der Waals surface area contributed by atoms with Crippen LogP contribution in [-0.2, 0) is 9.59 Å². The number of carbonyl (C=O) groups excluding carboxylic acids is 2. The lowest BCUT2D eigenvalue weighted by atomic mass is 10.1. The Bertz CT molecular complexity index is 1370. The first-order chi connectivity index (χ1) is 17.2. The first kappa shape index (κ1) is 25.4. The number of nitrogens with zero attached hydrogens (tertiary/aromatic N) is 1. The summed E-state index contributed by atoms with van der Waals surface area (Å²) >= 11 is 6.71. The van der Waals surface area contributed by atoms with Crippen LogP contribution < -0.4 is 19.7 Å². The number of amides is 2. The van der Waals surface area contributed by atoms with Crippen LogP contribution in [0.4, 0.5) is 15.8 Å². The zero-order valence-corrected chi connectivity index (χ0v) is 21.5. The van der Waals surface area contributed by atoms with Crippen LogP contribution in [-0.4, -0.2) is 29.9 Å². The molecule has 1 aliphatic heterocycles. The molecule has 3 aromatic carbocycles. The van der Waals surface area contributed by atoms with Crippen LogP contribution in [0.5, 0.6) is 11.5 Å². The molecule has 1 heterocycles. The molecule has 0 aliphatic carbocycles. The van der Waals surface area contributed by atoms with E-state index in [1.807, 2.05) is 32.0 Å². The number of carbonyl (C=O) groups is 2. The monoisotopic (exact) mass is 522 g/mol. The molecule has 184 valence electrons. The Morgan fingerprint density at radius 2 is 1.81 bits per heavy atom. The minimum Gasteiger partial charge on any atom is -0.493 e. The van der Waals surface area contributed by atoms with Crippen molar-refractivity contribution < 1.29 is 23.5 Å². The van der Waals surface area contributed by atoms with Crippen LogP contribution in [0, 0.1) is 19.7 Å². The second kappa shape index (κ2) is 10.9. The molecule has 1 fully saturated rings. The standard InChI is InChI=1S/C27H23FN2O4S2/c1-16-4-10-21(12-17(16)2)30-26(32)24(36-27(30)35)14-18-5-11-22(23(13-18)33-3)34-15-25(31)29-20-8-6-19(28)7-9-20/h4-14H,15H2,1-3H3,(H,29,31)/b24-14-. The fraction of sp³-hybridized carbons (Fsp3) is 0.148. The van der Waals surface area contributed by atoms with E-state index in [1.165, 1.54) is 48.0 Å². The molecule has 2 amide bonds. The Morgan fingerprint density at radius 3 is 2.50 bits per heavy atom. The summed E-state index contributed by atoms with van der Waals surface area (Å²) in [5.41, 5.74) is 4.14. The van der Waals surface area contributed by atoms with Crippen molar-refractivity contribution in [1.82, 2.24) is 0 Å². The predicted octanol–water partition coefficient (Wildman–Crippen LogP) is 5.87. The largest absolute Gasteiger partial charge is 0.493 e. The van der Waals surface area contributed by atoms with Crippen molar-refractivity contribution in [2.45, 2.75) is 13.8 Å². The van der Waals surface area contributed by atoms with Crippen molar-refractivity contribution in [2.75, 3.05) is 23.9 Å². The topological polar surface area (TPSA) is 67.9 Å². The van der Waals surface area contributed by atoms with Gasteiger partial charge in [-0.3, -0.25) is 14.5 Å². The fourth-order valence-electron chi connectivity index (χ4n) is 3.47. The molecule has 1 saturated heterocycles. The minimum absolute atomic E-state index is 0.190. The van der Waals surface area contributed by atoms with Gasteiger partial charge in [-0.15, -0.1) is 0 Å². The summed E-state index contributed by atoms with van der Waals surface area (Å²) in [6.45, 7) is 3.75. The smallest absolute Gasteiger partial charge is 0.270 e. The van der Waals surface area contributed by atoms with Crippen molar-refractivity contribution in [3.05, 3.63) is 88.1 Å². The van der Waals surface area contributed by atoms with Crippen molar-refractivity contribution >= 4 is 57.6 Å². The van der Waals surface area contributed by atoms with E-state index in [4.69, 9.17) is 21.7 Å². The van der Waals surface area contributed by atoms with Crippen molar-refractivity contribution in [1.29, 1.82) is 0 Å². The van der Waals surface area contributed by atoms with Gasteiger partial charge in [0.15, 0.2) is 22.4 Å². The summed E-state index contributed by atoms with van der Waals surface area (Å²) in [4.78, 5) is 27.3. The van der Waals surface area contributed by atoms with E-state index in [2.05, 4.69) is 5.32 Å². The fourth-order valence-corrected chi connectivity index (χ4v) is 4.77. The Balaban J connectivity index is 1.45. The Morgan fingerprint density at radius 1 is 1.06 bits per heavy atom. The highest BCUT2D eigenvalue weighted by Gasteiger charge is 2.33. The molecule has 0 aromatic heterocycles. The Kier molecular flexibility index (Phi) is 7.71. The van der Waals surface area contributed by atoms with E-state index >= 15 is 0 Å². The number of halogens is 1. The molecule has 0 atom stereocenters. The molecule has 36 heavy (non-hydrogen) atoms. The lowest BCUT2D eigenvalue weighted by molar-refractivity contribution is -0.118. The van der Waals surface area contributed by atoms with Crippen LogP contribution >= 0.6 is 24.0 Å². The molecule has 9 heteroatoms. The summed E-state index contributed by atoms with van der Waals surface area (Å²) < 4.78 is 24.5. The molecular weight excluding hydrogens is 499 g/mol. The number of rotatable bonds is 7. The normalized spacial score (nSPS) is 14.3. The minimum atomic E-state index is -0.400. The van der Waals surface area contributed by atoms with Crippen LogP contribution in [0.25, 0.3) is 6.08 Å². The number of thioether (sulfide) groups is 1. The van der Waals surface area contributed by atoms with E-state index in [0.717, 1.165) is 22.4 Å². The van der Waals surface area contributed by atoms with E-state index < -0.39 is 5.91 Å². The maximum absolute atomic E-state index is 13.1. The van der Waals surface area contributed by atoms with Gasteiger partial charge in [0.1, 0.15) is 5.82 Å². The second-order valence-electron chi connectivity index (χ2n) is 8.04. The van der Waals surface area contributed by atoms with Gasteiger partial charge in [-0.25, -0.2) is 4.39 Å². The van der Waals surface area contributed by atoms with Crippen LogP contribution in [0.3, 0.4) is 0 Å². The first-order valence-electron chi connectivity index (χ1n) is 11.0. The molecule has 0 spiro atoms. The third-order valence-corrected chi connectivity index (χ3v) is 6.82. The molecule has 0 bridgehead atoms. The summed E-state index contributed by atoms with van der Waals surface area (Å²) in [5, 5.41) is 2.63. The quantitative estimate of drug-likeness (QED) is 0.309. The van der Waals surface area contributed by atoms with E-state index in [9.17, 15) is 14.0 Å². The third-order valence-electron chi connectivity index (χ3n) is 5.51. The maximum atomic E-state index is 13.1. The van der Waals surface area contributed by atoms with Gasteiger partial charge in [-0.2, -0.15) is 0 Å². The Hall–Kier alpha value is -3.69. The zero-order chi connectivity index (χ0) is 25.8. The first-order valence-corrected chi connectivity index (χ1v) is 12.2. The molecule has 3 aromatic rings. The van der Waals surface area contributed by atoms with Gasteiger partial charge in [0.2, 0.25) is 0 Å². The van der Waals surface area contributed by atoms with Gasteiger partial charge < -0.3 is 14.8 Å². The molecule has 6 nitrogen and oxygen atoms in total. The van der Waals surface area contributed by atoms with Crippen molar-refractivity contribution in [3.8, 4) is 11.5 Å². The molecular formula is C27H23FN2O4S2. The van der Waals surface area contributed by atoms with Crippen LogP contribution in [0.1, 0.15) is 16.7 Å². The van der Waals surface area contributed by atoms with Gasteiger partial charge in [0, 0.05) is 5.69 Å². The number of ether oxygens (including phenoxy) is 2. The number of thiocarbonyl (C=S) groups is 1. The molecule has 1 N–H and O–H groups in total. The third kappa shape index (κ3) is 5.75. The highest BCUT2D eigenvalue weighted by Crippen LogP contribution is 2.37. The highest BCUT2D eigenvalue weighted by atomic mass is 32.2. The SMILES string of the molecule is COc1cc(/C=C2\SC(=S)N(c3ccc(C)c(C)c3)C2=O)ccc1OCC(=O)Nc1ccc(F)cc1. The van der Waals surface area contributed by atoms with Gasteiger partial charge >= 0.3 is 0 Å². The second-order valence-corrected chi connectivity index (χ2v) is 9.72. The van der Waals surface area contributed by atoms with Gasteiger partial charge in [-0.1, -0.05) is 36.1 Å². The lowest BCUT2D eigenvalue weighted by Crippen LogP contribution is -2.27. The molecule has 0 radical (unpaired) electrons. The molecule has 0 saturated carbocycles. The number of benzene rings is 3. The van der Waals surface area contributed by atoms with Crippen LogP contribution in [0.15, 0.2) is 65.6 Å². The average Bonchev–Trinajstić information content (AvgIpc) is 3.13. The van der Waals surface area contributed by atoms with Crippen LogP contribution in [0.2, 0.25) is 0 Å². The zero-order valence-electron chi connectivity index (χ0n) is 19.8. The number of hydrogen-bond donors (Lipinski definition) is 1. The highest BCUT2D eigenvalue weighted by molar-refractivity contribution is 8.27. The molecule has 1 aliphatic rings. The van der Waals surface area contributed by atoms with Crippen molar-refractivity contribution in [2.24, 2.45) is 0 Å². The predicted molar refractivity (Wildman–Crippen MR) is 145 cm³/mol. The maximum Gasteiger partial charge on any atom is 0.270 e. The number of nitrogens with one attached hydrogen (secondary N) is 1. The number of methoxy groups -OCH3 is 1. The summed E-state index contributed by atoms with van der Waals surface area (Å²) in [7, 11) is 1.49. The Labute approximate surface area is 218 Å². The summed E-state index contributed by atoms with van der Waals surface area (Å²) in [6, 6.07) is 16.4. The van der Waals surface area contributed by atoms with E-state index in [-0.39, 0.29) is 18.3 Å². The molecule has 0 unspecified atom stereocenters. The van der Waals surface area contributed by atoms with Gasteiger partial charge in [0.25, 0.3) is 11.8 Å². The lowest BCUT2D eigenvalue weighted by Gasteiger charge is -2.16. The number of anilines is 2.